The van der Waals surface area contributed by atoms with Crippen LogP contribution in [0.25, 0.3) is 0 Å². The number of rotatable bonds is 3. The van der Waals surface area contributed by atoms with Crippen molar-refractivity contribution < 1.29 is 14.4 Å². The topological polar surface area (TPSA) is 75.4 Å². The van der Waals surface area contributed by atoms with Crippen molar-refractivity contribution in [2.75, 3.05) is 13.1 Å². The quantitative estimate of drug-likeness (QED) is 0.585. The van der Waals surface area contributed by atoms with Crippen molar-refractivity contribution >= 4 is 5.69 Å². The summed E-state index contributed by atoms with van der Waals surface area (Å²) in [5, 5.41) is 23.3. The van der Waals surface area contributed by atoms with Crippen molar-refractivity contribution in [3.05, 3.63) is 39.7 Å². The average molecular weight is 226 g/mol. The Labute approximate surface area is 91.0 Å². The molecular formula is C10H11FN2O3. The highest BCUT2D eigenvalue weighted by Gasteiger charge is 2.34. The van der Waals surface area contributed by atoms with Gasteiger partial charge in [0.2, 0.25) is 5.82 Å². The molecule has 0 bridgehead atoms. The number of benzene rings is 1. The molecule has 5 nitrogen and oxygen atoms in total. The number of nitro benzene ring substituents is 1. The first kappa shape index (κ1) is 11.0. The molecule has 16 heavy (non-hydrogen) atoms. The molecule has 1 aliphatic rings. The first-order valence-corrected chi connectivity index (χ1v) is 4.86. The van der Waals surface area contributed by atoms with Gasteiger partial charge < -0.3 is 10.4 Å². The standard InChI is InChI=1S/C10H11FN2O3/c11-8-2-1-7(3-9(8)13(15)16)4-10(14)5-12-6-10/h1-3,12,14H,4-6H2. The molecule has 0 amide bonds. The van der Waals surface area contributed by atoms with Crippen LogP contribution in [0.2, 0.25) is 0 Å². The molecule has 0 unspecified atom stereocenters. The second-order valence-corrected chi connectivity index (χ2v) is 4.05. The molecule has 1 aromatic carbocycles. The molecule has 1 aromatic rings. The maximum atomic E-state index is 13.0. The Balaban J connectivity index is 2.22. The molecule has 6 heteroatoms. The summed E-state index contributed by atoms with van der Waals surface area (Å²) in [6.07, 6.45) is 0.293. The van der Waals surface area contributed by atoms with E-state index in [1.165, 1.54) is 12.1 Å². The Kier molecular flexibility index (Phi) is 2.61. The molecule has 1 heterocycles. The fourth-order valence-corrected chi connectivity index (χ4v) is 1.73. The molecule has 1 saturated heterocycles. The first-order chi connectivity index (χ1) is 7.50. The maximum Gasteiger partial charge on any atom is 0.305 e. The van der Waals surface area contributed by atoms with Gasteiger partial charge in [-0.25, -0.2) is 0 Å². The van der Waals surface area contributed by atoms with Gasteiger partial charge in [0.05, 0.1) is 10.5 Å². The minimum Gasteiger partial charge on any atom is -0.387 e. The Bertz CT molecular complexity index is 432. The van der Waals surface area contributed by atoms with Crippen LogP contribution in [0.3, 0.4) is 0 Å². The van der Waals surface area contributed by atoms with Gasteiger partial charge >= 0.3 is 5.69 Å². The highest BCUT2D eigenvalue weighted by atomic mass is 19.1. The van der Waals surface area contributed by atoms with Crippen LogP contribution in [0.5, 0.6) is 0 Å². The number of aliphatic hydroxyl groups is 1. The van der Waals surface area contributed by atoms with Gasteiger partial charge in [0.1, 0.15) is 0 Å². The molecule has 0 atom stereocenters. The van der Waals surface area contributed by atoms with Crippen LogP contribution in [0, 0.1) is 15.9 Å². The van der Waals surface area contributed by atoms with Crippen LogP contribution in [0.4, 0.5) is 10.1 Å². The summed E-state index contributed by atoms with van der Waals surface area (Å²) >= 11 is 0. The van der Waals surface area contributed by atoms with E-state index in [0.29, 0.717) is 25.1 Å². The van der Waals surface area contributed by atoms with Gasteiger partial charge in [-0.15, -0.1) is 0 Å². The summed E-state index contributed by atoms with van der Waals surface area (Å²) in [7, 11) is 0. The van der Waals surface area contributed by atoms with Crippen LogP contribution < -0.4 is 5.32 Å². The summed E-state index contributed by atoms with van der Waals surface area (Å²) in [6.45, 7) is 0.913. The number of hydrogen-bond donors (Lipinski definition) is 2. The van der Waals surface area contributed by atoms with Crippen molar-refractivity contribution in [1.82, 2.24) is 5.32 Å². The molecule has 2 rings (SSSR count). The number of nitrogens with one attached hydrogen (secondary N) is 1. The Morgan fingerprint density at radius 2 is 2.25 bits per heavy atom. The third-order valence-corrected chi connectivity index (χ3v) is 2.65. The van der Waals surface area contributed by atoms with Gasteiger partial charge in [-0.2, -0.15) is 4.39 Å². The normalized spacial score (nSPS) is 17.9. The minimum absolute atomic E-state index is 0.293. The Hall–Kier alpha value is -1.53. The molecule has 1 aliphatic heterocycles. The lowest BCUT2D eigenvalue weighted by molar-refractivity contribution is -0.387. The van der Waals surface area contributed by atoms with E-state index in [9.17, 15) is 19.6 Å². The van der Waals surface area contributed by atoms with Crippen LogP contribution >= 0.6 is 0 Å². The number of hydrogen-bond acceptors (Lipinski definition) is 4. The predicted octanol–water partition coefficient (Wildman–Crippen LogP) is 0.611. The zero-order chi connectivity index (χ0) is 11.8. The highest BCUT2D eigenvalue weighted by molar-refractivity contribution is 5.37. The monoisotopic (exact) mass is 226 g/mol. The van der Waals surface area contributed by atoms with Gasteiger partial charge in [-0.05, 0) is 11.6 Å². The summed E-state index contributed by atoms with van der Waals surface area (Å²) in [5.41, 5.74) is -0.836. The summed E-state index contributed by atoms with van der Waals surface area (Å²) < 4.78 is 13.0. The minimum atomic E-state index is -0.855. The van der Waals surface area contributed by atoms with Crippen molar-refractivity contribution in [2.45, 2.75) is 12.0 Å². The van der Waals surface area contributed by atoms with Crippen molar-refractivity contribution in [3.63, 3.8) is 0 Å². The van der Waals surface area contributed by atoms with Crippen LogP contribution in [-0.4, -0.2) is 28.7 Å². The second-order valence-electron chi connectivity index (χ2n) is 4.05. The third kappa shape index (κ3) is 2.02. The predicted molar refractivity (Wildman–Crippen MR) is 54.6 cm³/mol. The lowest BCUT2D eigenvalue weighted by Crippen LogP contribution is -2.60. The van der Waals surface area contributed by atoms with E-state index in [1.807, 2.05) is 0 Å². The highest BCUT2D eigenvalue weighted by Crippen LogP contribution is 2.23. The zero-order valence-corrected chi connectivity index (χ0v) is 8.44. The lowest BCUT2D eigenvalue weighted by atomic mass is 9.89. The molecule has 1 fully saturated rings. The lowest BCUT2D eigenvalue weighted by Gasteiger charge is -2.37. The van der Waals surface area contributed by atoms with Gasteiger partial charge in [0.15, 0.2) is 0 Å². The fraction of sp³-hybridized carbons (Fsp3) is 0.400. The van der Waals surface area contributed by atoms with Crippen molar-refractivity contribution in [1.29, 1.82) is 0 Å². The summed E-state index contributed by atoms with van der Waals surface area (Å²) in [4.78, 5) is 9.75. The third-order valence-electron chi connectivity index (χ3n) is 2.65. The molecule has 0 radical (unpaired) electrons. The van der Waals surface area contributed by atoms with Crippen LogP contribution in [0.1, 0.15) is 5.56 Å². The molecule has 0 saturated carbocycles. The van der Waals surface area contributed by atoms with Crippen LogP contribution in [0.15, 0.2) is 18.2 Å². The number of nitro groups is 1. The average Bonchev–Trinajstić information content (AvgIpc) is 2.18. The zero-order valence-electron chi connectivity index (χ0n) is 8.44. The van der Waals surface area contributed by atoms with Crippen molar-refractivity contribution in [2.24, 2.45) is 0 Å². The van der Waals surface area contributed by atoms with E-state index in [2.05, 4.69) is 5.32 Å². The largest absolute Gasteiger partial charge is 0.387 e. The maximum absolute atomic E-state index is 13.0. The van der Waals surface area contributed by atoms with E-state index in [1.54, 1.807) is 0 Å². The van der Waals surface area contributed by atoms with E-state index in [4.69, 9.17) is 0 Å². The number of halogens is 1. The fourth-order valence-electron chi connectivity index (χ4n) is 1.73. The number of β-amino-alcohol motifs (C(OH)–C–C–N with tert-alkyl or cyclic N) is 1. The van der Waals surface area contributed by atoms with Gasteiger partial charge in [-0.3, -0.25) is 10.1 Å². The van der Waals surface area contributed by atoms with Crippen molar-refractivity contribution in [3.8, 4) is 0 Å². The van der Waals surface area contributed by atoms with E-state index >= 15 is 0 Å². The van der Waals surface area contributed by atoms with E-state index < -0.39 is 22.0 Å². The van der Waals surface area contributed by atoms with Gasteiger partial charge in [0.25, 0.3) is 0 Å². The molecule has 2 N–H and O–H groups in total. The Morgan fingerprint density at radius 3 is 2.75 bits per heavy atom. The smallest absolute Gasteiger partial charge is 0.305 e. The SMILES string of the molecule is O=[N+]([O-])c1cc(CC2(O)CNC2)ccc1F. The first-order valence-electron chi connectivity index (χ1n) is 4.86. The van der Waals surface area contributed by atoms with Gasteiger partial charge in [-0.1, -0.05) is 6.07 Å². The van der Waals surface area contributed by atoms with Gasteiger partial charge in [0, 0.05) is 25.6 Å². The number of nitrogens with zero attached hydrogens (tertiary/aromatic N) is 1. The summed E-state index contributed by atoms with van der Waals surface area (Å²) in [5.74, 6) is -0.854. The molecular weight excluding hydrogens is 215 g/mol. The second kappa shape index (κ2) is 3.80. The molecule has 0 aliphatic carbocycles. The molecule has 0 aromatic heterocycles. The molecule has 0 spiro atoms. The Morgan fingerprint density at radius 1 is 1.56 bits per heavy atom. The van der Waals surface area contributed by atoms with E-state index in [-0.39, 0.29) is 0 Å². The summed E-state index contributed by atoms with van der Waals surface area (Å²) in [6, 6.07) is 3.69. The van der Waals surface area contributed by atoms with Crippen LogP contribution in [-0.2, 0) is 6.42 Å². The van der Waals surface area contributed by atoms with E-state index in [0.717, 1.165) is 6.07 Å². The molecule has 86 valence electrons.